The summed E-state index contributed by atoms with van der Waals surface area (Å²) in [6.45, 7) is 2.99. The average Bonchev–Trinajstić information content (AvgIpc) is 2.41. The molecular formula is C15H22N2O4. The normalized spacial score (nSPS) is 10.7. The molecule has 2 N–H and O–H groups in total. The summed E-state index contributed by atoms with van der Waals surface area (Å²) in [5.41, 5.74) is 1.16. The first-order valence-electron chi connectivity index (χ1n) is 6.71. The van der Waals surface area contributed by atoms with Gasteiger partial charge in [-0.15, -0.1) is 0 Å². The number of Topliss-reactive ketones (excluding diaryl/α,β-unsaturated/α-hetero) is 1. The Kier molecular flexibility index (Phi) is 6.84. The summed E-state index contributed by atoms with van der Waals surface area (Å²) in [4.78, 5) is 24.8. The fraction of sp³-hybridized carbons (Fsp3) is 0.467. The number of likely N-dealkylation sites (N-methyl/N-ethyl adjacent to an activating group) is 1. The van der Waals surface area contributed by atoms with Crippen LogP contribution in [0.3, 0.4) is 0 Å². The topological polar surface area (TPSA) is 78.9 Å². The van der Waals surface area contributed by atoms with Crippen molar-refractivity contribution >= 4 is 11.7 Å². The van der Waals surface area contributed by atoms with Crippen LogP contribution in [0.15, 0.2) is 18.2 Å². The molecule has 0 aliphatic rings. The third kappa shape index (κ3) is 5.93. The van der Waals surface area contributed by atoms with Crippen LogP contribution in [0.4, 0.5) is 0 Å². The molecule has 6 heteroatoms. The molecule has 0 aliphatic carbocycles. The Labute approximate surface area is 124 Å². The minimum atomic E-state index is -0.114. The molecule has 0 saturated heterocycles. The second-order valence-corrected chi connectivity index (χ2v) is 4.91. The van der Waals surface area contributed by atoms with E-state index < -0.39 is 0 Å². The van der Waals surface area contributed by atoms with Gasteiger partial charge in [0.25, 0.3) is 0 Å². The predicted molar refractivity (Wildman–Crippen MR) is 79.3 cm³/mol. The van der Waals surface area contributed by atoms with Crippen LogP contribution in [0.2, 0.25) is 0 Å². The van der Waals surface area contributed by atoms with Crippen LogP contribution >= 0.6 is 0 Å². The number of methoxy groups -OCH3 is 1. The molecule has 0 aliphatic heterocycles. The van der Waals surface area contributed by atoms with E-state index in [-0.39, 0.29) is 24.0 Å². The Balaban J connectivity index is 2.58. The van der Waals surface area contributed by atoms with Gasteiger partial charge < -0.3 is 15.2 Å². The zero-order chi connectivity index (χ0) is 15.8. The zero-order valence-electron chi connectivity index (χ0n) is 12.7. The maximum Gasteiger partial charge on any atom is 0.234 e. The van der Waals surface area contributed by atoms with Crippen LogP contribution in [0.5, 0.6) is 5.75 Å². The van der Waals surface area contributed by atoms with Crippen molar-refractivity contribution in [2.45, 2.75) is 13.5 Å². The molecule has 1 amide bonds. The van der Waals surface area contributed by atoms with E-state index in [9.17, 15) is 14.7 Å². The molecule has 21 heavy (non-hydrogen) atoms. The summed E-state index contributed by atoms with van der Waals surface area (Å²) in [5, 5.41) is 12.5. The van der Waals surface area contributed by atoms with E-state index in [0.717, 1.165) is 0 Å². The molecule has 1 aromatic rings. The molecule has 0 radical (unpaired) electrons. The Morgan fingerprint density at radius 2 is 2.10 bits per heavy atom. The van der Waals surface area contributed by atoms with E-state index in [0.29, 0.717) is 30.8 Å². The number of carbonyl (C=O) groups excluding carboxylic acids is 2. The maximum absolute atomic E-state index is 11.7. The van der Waals surface area contributed by atoms with Crippen molar-refractivity contribution in [1.29, 1.82) is 0 Å². The van der Waals surface area contributed by atoms with Crippen LogP contribution in [0.25, 0.3) is 0 Å². The van der Waals surface area contributed by atoms with Crippen molar-refractivity contribution in [2.24, 2.45) is 0 Å². The quantitative estimate of drug-likeness (QED) is 0.547. The van der Waals surface area contributed by atoms with Gasteiger partial charge in [-0.2, -0.15) is 0 Å². The highest BCUT2D eigenvalue weighted by Gasteiger charge is 2.11. The van der Waals surface area contributed by atoms with Gasteiger partial charge in [0, 0.05) is 31.3 Å². The van der Waals surface area contributed by atoms with E-state index in [4.69, 9.17) is 4.74 Å². The van der Waals surface area contributed by atoms with Crippen molar-refractivity contribution in [2.75, 3.05) is 33.9 Å². The summed E-state index contributed by atoms with van der Waals surface area (Å²) in [5.74, 6) is -0.0559. The van der Waals surface area contributed by atoms with Gasteiger partial charge in [0.15, 0.2) is 5.78 Å². The van der Waals surface area contributed by atoms with Crippen LogP contribution in [-0.4, -0.2) is 55.6 Å². The number of rotatable bonds is 8. The number of aromatic hydroxyl groups is 1. The van der Waals surface area contributed by atoms with Crippen LogP contribution in [-0.2, 0) is 16.1 Å². The largest absolute Gasteiger partial charge is 0.508 e. The Morgan fingerprint density at radius 3 is 2.71 bits per heavy atom. The van der Waals surface area contributed by atoms with Crippen molar-refractivity contribution in [3.05, 3.63) is 29.3 Å². The molecule has 0 atom stereocenters. The number of phenols is 1. The lowest BCUT2D eigenvalue weighted by molar-refractivity contribution is -0.122. The van der Waals surface area contributed by atoms with E-state index in [1.807, 2.05) is 0 Å². The zero-order valence-corrected chi connectivity index (χ0v) is 12.7. The summed E-state index contributed by atoms with van der Waals surface area (Å²) >= 11 is 0. The van der Waals surface area contributed by atoms with Gasteiger partial charge >= 0.3 is 0 Å². The van der Waals surface area contributed by atoms with E-state index >= 15 is 0 Å². The lowest BCUT2D eigenvalue weighted by atomic mass is 10.1. The molecule has 0 fully saturated rings. The van der Waals surface area contributed by atoms with Crippen LogP contribution < -0.4 is 5.32 Å². The van der Waals surface area contributed by atoms with Crippen molar-refractivity contribution in [3.63, 3.8) is 0 Å². The number of nitrogens with one attached hydrogen (secondary N) is 1. The third-order valence-electron chi connectivity index (χ3n) is 2.97. The van der Waals surface area contributed by atoms with Gasteiger partial charge in [0.2, 0.25) is 5.91 Å². The molecular weight excluding hydrogens is 272 g/mol. The summed E-state index contributed by atoms with van der Waals surface area (Å²) in [7, 11) is 3.35. The number of carbonyl (C=O) groups is 2. The monoisotopic (exact) mass is 294 g/mol. The third-order valence-corrected chi connectivity index (χ3v) is 2.97. The lowest BCUT2D eigenvalue weighted by Gasteiger charge is -2.17. The Bertz CT molecular complexity index is 502. The highest BCUT2D eigenvalue weighted by Crippen LogP contribution is 2.20. The molecule has 6 nitrogen and oxygen atoms in total. The van der Waals surface area contributed by atoms with Gasteiger partial charge in [-0.05, 0) is 32.2 Å². The Hall–Kier alpha value is -1.92. The first-order valence-corrected chi connectivity index (χ1v) is 6.71. The summed E-state index contributed by atoms with van der Waals surface area (Å²) in [6.07, 6.45) is 0. The Morgan fingerprint density at radius 1 is 1.38 bits per heavy atom. The number of hydrogen-bond donors (Lipinski definition) is 2. The number of nitrogens with zero attached hydrogens (tertiary/aromatic N) is 1. The van der Waals surface area contributed by atoms with Crippen LogP contribution in [0, 0.1) is 0 Å². The molecule has 0 heterocycles. The van der Waals surface area contributed by atoms with E-state index in [2.05, 4.69) is 5.32 Å². The second kappa shape index (κ2) is 8.39. The van der Waals surface area contributed by atoms with Gasteiger partial charge in [0.1, 0.15) is 5.75 Å². The number of hydrogen-bond acceptors (Lipinski definition) is 5. The lowest BCUT2D eigenvalue weighted by Crippen LogP contribution is -2.36. The van der Waals surface area contributed by atoms with Crippen molar-refractivity contribution < 1.29 is 19.4 Å². The number of ketones is 1. The summed E-state index contributed by atoms with van der Waals surface area (Å²) in [6, 6.07) is 4.73. The second-order valence-electron chi connectivity index (χ2n) is 4.91. The SMILES string of the molecule is COCCNC(=O)CN(C)Cc1cc(C(C)=O)ccc1O. The molecule has 116 valence electrons. The highest BCUT2D eigenvalue weighted by atomic mass is 16.5. The number of ether oxygens (including phenoxy) is 1. The minimum absolute atomic E-state index is 0.0591. The minimum Gasteiger partial charge on any atom is -0.508 e. The standard InChI is InChI=1S/C15H22N2O4/c1-11(18)12-4-5-14(19)13(8-12)9-17(2)10-15(20)16-6-7-21-3/h4-5,8,19H,6-7,9-10H2,1-3H3,(H,16,20). The number of amides is 1. The molecule has 0 spiro atoms. The fourth-order valence-electron chi connectivity index (χ4n) is 1.87. The highest BCUT2D eigenvalue weighted by molar-refractivity contribution is 5.94. The predicted octanol–water partition coefficient (Wildman–Crippen LogP) is 0.789. The van der Waals surface area contributed by atoms with E-state index in [1.165, 1.54) is 13.0 Å². The maximum atomic E-state index is 11.7. The molecule has 0 saturated carbocycles. The van der Waals surface area contributed by atoms with Gasteiger partial charge in [-0.25, -0.2) is 0 Å². The molecule has 0 bridgehead atoms. The van der Waals surface area contributed by atoms with Crippen molar-refractivity contribution in [3.8, 4) is 5.75 Å². The van der Waals surface area contributed by atoms with Crippen LogP contribution in [0.1, 0.15) is 22.8 Å². The van der Waals surface area contributed by atoms with E-state index in [1.54, 1.807) is 31.2 Å². The van der Waals surface area contributed by atoms with Gasteiger partial charge in [-0.3, -0.25) is 14.5 Å². The smallest absolute Gasteiger partial charge is 0.234 e. The number of benzene rings is 1. The molecule has 0 unspecified atom stereocenters. The summed E-state index contributed by atoms with van der Waals surface area (Å²) < 4.78 is 4.85. The fourth-order valence-corrected chi connectivity index (χ4v) is 1.87. The molecule has 1 rings (SSSR count). The molecule has 1 aromatic carbocycles. The van der Waals surface area contributed by atoms with Crippen molar-refractivity contribution in [1.82, 2.24) is 10.2 Å². The average molecular weight is 294 g/mol. The van der Waals surface area contributed by atoms with Gasteiger partial charge in [0.05, 0.1) is 13.2 Å². The first kappa shape index (κ1) is 17.1. The molecule has 0 aromatic heterocycles. The number of phenolic OH excluding ortho intramolecular Hbond substituents is 1. The first-order chi connectivity index (χ1) is 9.93. The van der Waals surface area contributed by atoms with Gasteiger partial charge in [-0.1, -0.05) is 0 Å².